The van der Waals surface area contributed by atoms with Gasteiger partial charge in [0, 0.05) is 32.9 Å². The smallest absolute Gasteiger partial charge is 0.353 e. The average molecular weight is 338 g/mol. The molecule has 0 radical (unpaired) electrons. The molecule has 1 atom stereocenters. The molecule has 1 aliphatic rings. The molecule has 0 saturated carbocycles. The van der Waals surface area contributed by atoms with E-state index >= 15 is 0 Å². The number of rotatable bonds is 3. The first-order chi connectivity index (χ1) is 11.4. The number of carbonyl (C=O) groups is 1. The Kier molecular flexibility index (Phi) is 4.31. The summed E-state index contributed by atoms with van der Waals surface area (Å²) >= 11 is 0. The molecule has 1 aromatic carbocycles. The topological polar surface area (TPSA) is 50.2 Å². The van der Waals surface area contributed by atoms with Crippen molar-refractivity contribution in [2.45, 2.75) is 18.8 Å². The van der Waals surface area contributed by atoms with Gasteiger partial charge in [0.25, 0.3) is 0 Å². The van der Waals surface area contributed by atoms with Crippen LogP contribution in [0.25, 0.3) is 0 Å². The van der Waals surface area contributed by atoms with Crippen molar-refractivity contribution in [1.29, 1.82) is 0 Å². The SMILES string of the molecule is Cn1cncc1CN1CCNC(=O)[C@@H]1c1ccccc1C(F)(F)F. The average Bonchev–Trinajstić information content (AvgIpc) is 2.92. The monoisotopic (exact) mass is 338 g/mol. The highest BCUT2D eigenvalue weighted by Gasteiger charge is 2.40. The number of aromatic nitrogens is 2. The molecule has 128 valence electrons. The van der Waals surface area contributed by atoms with E-state index in [1.165, 1.54) is 18.2 Å². The molecule has 2 aromatic rings. The van der Waals surface area contributed by atoms with Gasteiger partial charge in [-0.15, -0.1) is 0 Å². The molecule has 0 bridgehead atoms. The lowest BCUT2D eigenvalue weighted by Crippen LogP contribution is -2.50. The van der Waals surface area contributed by atoms with Crippen LogP contribution in [0.1, 0.15) is 22.9 Å². The Bertz CT molecular complexity index is 741. The third-order valence-corrected chi connectivity index (χ3v) is 4.15. The normalized spacial score (nSPS) is 19.3. The second-order valence-electron chi connectivity index (χ2n) is 5.74. The number of piperazine rings is 1. The fraction of sp³-hybridized carbons (Fsp3) is 0.375. The van der Waals surface area contributed by atoms with E-state index in [2.05, 4.69) is 10.3 Å². The third-order valence-electron chi connectivity index (χ3n) is 4.15. The zero-order valence-corrected chi connectivity index (χ0v) is 13.0. The molecular formula is C16H17F3N4O. The number of hydrogen-bond acceptors (Lipinski definition) is 3. The Morgan fingerprint density at radius 1 is 1.33 bits per heavy atom. The molecule has 1 amide bonds. The van der Waals surface area contributed by atoms with Crippen LogP contribution < -0.4 is 5.32 Å². The third kappa shape index (κ3) is 3.14. The summed E-state index contributed by atoms with van der Waals surface area (Å²) < 4.78 is 41.8. The minimum absolute atomic E-state index is 0.0237. The van der Waals surface area contributed by atoms with Crippen LogP contribution in [0.5, 0.6) is 0 Å². The maximum Gasteiger partial charge on any atom is 0.416 e. The van der Waals surface area contributed by atoms with Gasteiger partial charge >= 0.3 is 6.18 Å². The second-order valence-corrected chi connectivity index (χ2v) is 5.74. The Morgan fingerprint density at radius 3 is 2.75 bits per heavy atom. The molecule has 0 aliphatic carbocycles. The van der Waals surface area contributed by atoms with Crippen molar-refractivity contribution in [3.63, 3.8) is 0 Å². The molecular weight excluding hydrogens is 321 g/mol. The largest absolute Gasteiger partial charge is 0.416 e. The second kappa shape index (κ2) is 6.27. The van der Waals surface area contributed by atoms with Crippen LogP contribution in [0.2, 0.25) is 0 Å². The van der Waals surface area contributed by atoms with E-state index in [1.54, 1.807) is 22.0 Å². The first-order valence-corrected chi connectivity index (χ1v) is 7.51. The van der Waals surface area contributed by atoms with Gasteiger partial charge in [-0.25, -0.2) is 4.98 Å². The minimum Gasteiger partial charge on any atom is -0.353 e. The number of alkyl halides is 3. The van der Waals surface area contributed by atoms with Gasteiger partial charge in [-0.1, -0.05) is 18.2 Å². The van der Waals surface area contributed by atoms with Gasteiger partial charge in [0.2, 0.25) is 5.91 Å². The molecule has 0 spiro atoms. The van der Waals surface area contributed by atoms with Crippen molar-refractivity contribution >= 4 is 5.91 Å². The highest BCUT2D eigenvalue weighted by Crippen LogP contribution is 2.37. The summed E-state index contributed by atoms with van der Waals surface area (Å²) in [5.41, 5.74) is 0.0330. The van der Waals surface area contributed by atoms with Crippen LogP contribution in [0.3, 0.4) is 0 Å². The molecule has 2 heterocycles. The maximum atomic E-state index is 13.3. The Morgan fingerprint density at radius 2 is 2.08 bits per heavy atom. The summed E-state index contributed by atoms with van der Waals surface area (Å²) in [4.78, 5) is 18.1. The lowest BCUT2D eigenvalue weighted by atomic mass is 9.96. The molecule has 0 unspecified atom stereocenters. The van der Waals surface area contributed by atoms with E-state index in [0.717, 1.165) is 11.8 Å². The van der Waals surface area contributed by atoms with Gasteiger partial charge in [0.1, 0.15) is 6.04 Å². The fourth-order valence-corrected chi connectivity index (χ4v) is 2.96. The quantitative estimate of drug-likeness (QED) is 0.933. The van der Waals surface area contributed by atoms with E-state index in [9.17, 15) is 18.0 Å². The molecule has 1 saturated heterocycles. The summed E-state index contributed by atoms with van der Waals surface area (Å²) in [5, 5.41) is 2.66. The molecule has 24 heavy (non-hydrogen) atoms. The molecule has 3 rings (SSSR count). The first-order valence-electron chi connectivity index (χ1n) is 7.51. The summed E-state index contributed by atoms with van der Waals surface area (Å²) in [6.45, 7) is 1.22. The van der Waals surface area contributed by atoms with Gasteiger partial charge in [0.05, 0.1) is 17.6 Å². The van der Waals surface area contributed by atoms with Crippen LogP contribution in [0, 0.1) is 0 Å². The summed E-state index contributed by atoms with van der Waals surface area (Å²) in [6, 6.07) is 4.26. The maximum absolute atomic E-state index is 13.3. The van der Waals surface area contributed by atoms with Gasteiger partial charge in [-0.05, 0) is 11.6 Å². The first kappa shape index (κ1) is 16.5. The van der Waals surface area contributed by atoms with Crippen molar-refractivity contribution < 1.29 is 18.0 Å². The molecule has 5 nitrogen and oxygen atoms in total. The zero-order chi connectivity index (χ0) is 17.3. The van der Waals surface area contributed by atoms with Crippen LogP contribution in [0.15, 0.2) is 36.8 Å². The lowest BCUT2D eigenvalue weighted by Gasteiger charge is -2.36. The Balaban J connectivity index is 1.99. The van der Waals surface area contributed by atoms with Gasteiger partial charge in [0.15, 0.2) is 0 Å². The van der Waals surface area contributed by atoms with Crippen molar-refractivity contribution in [1.82, 2.24) is 19.8 Å². The number of nitrogens with zero attached hydrogens (tertiary/aromatic N) is 3. The minimum atomic E-state index is -4.51. The molecule has 1 N–H and O–H groups in total. The van der Waals surface area contributed by atoms with Crippen molar-refractivity contribution in [3.05, 3.63) is 53.6 Å². The number of amides is 1. The van der Waals surface area contributed by atoms with Gasteiger partial charge < -0.3 is 9.88 Å². The number of benzene rings is 1. The van der Waals surface area contributed by atoms with E-state index in [0.29, 0.717) is 19.6 Å². The molecule has 1 fully saturated rings. The standard InChI is InChI=1S/C16H17F3N4O/c1-22-10-20-8-11(22)9-23-7-6-21-15(24)14(23)12-4-2-3-5-13(12)16(17,18)19/h2-5,8,10,14H,6-7,9H2,1H3,(H,21,24)/t14-/m0/s1. The zero-order valence-electron chi connectivity index (χ0n) is 13.0. The van der Waals surface area contributed by atoms with Crippen LogP contribution >= 0.6 is 0 Å². The van der Waals surface area contributed by atoms with E-state index in [-0.39, 0.29) is 5.56 Å². The summed E-state index contributed by atoms with van der Waals surface area (Å²) in [5.74, 6) is -0.417. The van der Waals surface area contributed by atoms with Crippen LogP contribution in [0.4, 0.5) is 13.2 Å². The highest BCUT2D eigenvalue weighted by molar-refractivity contribution is 5.84. The number of imidazole rings is 1. The number of nitrogens with one attached hydrogen (secondary N) is 1. The van der Waals surface area contributed by atoms with Crippen molar-refractivity contribution in [3.8, 4) is 0 Å². The highest BCUT2D eigenvalue weighted by atomic mass is 19.4. The Labute approximate surface area is 137 Å². The lowest BCUT2D eigenvalue weighted by molar-refractivity contribution is -0.140. The molecule has 1 aliphatic heterocycles. The number of aryl methyl sites for hydroxylation is 1. The number of carbonyl (C=O) groups excluding carboxylic acids is 1. The summed E-state index contributed by atoms with van der Waals surface area (Å²) in [6.07, 6.45) is -1.23. The number of halogens is 3. The summed E-state index contributed by atoms with van der Waals surface area (Å²) in [7, 11) is 1.81. The van der Waals surface area contributed by atoms with Crippen LogP contribution in [-0.2, 0) is 24.6 Å². The predicted molar refractivity (Wildman–Crippen MR) is 80.8 cm³/mol. The van der Waals surface area contributed by atoms with Crippen molar-refractivity contribution in [2.24, 2.45) is 7.05 Å². The number of hydrogen-bond donors (Lipinski definition) is 1. The van der Waals surface area contributed by atoms with E-state index < -0.39 is 23.7 Å². The van der Waals surface area contributed by atoms with Crippen LogP contribution in [-0.4, -0.2) is 33.4 Å². The van der Waals surface area contributed by atoms with Crippen molar-refractivity contribution in [2.75, 3.05) is 13.1 Å². The fourth-order valence-electron chi connectivity index (χ4n) is 2.96. The van der Waals surface area contributed by atoms with Gasteiger partial charge in [-0.2, -0.15) is 13.2 Å². The van der Waals surface area contributed by atoms with E-state index in [4.69, 9.17) is 0 Å². The van der Waals surface area contributed by atoms with Gasteiger partial charge in [-0.3, -0.25) is 9.69 Å². The Hall–Kier alpha value is -2.35. The van der Waals surface area contributed by atoms with E-state index in [1.807, 2.05) is 7.05 Å². The predicted octanol–water partition coefficient (Wildman–Crippen LogP) is 2.11. The molecule has 1 aromatic heterocycles. The molecule has 8 heteroatoms.